The molecule has 0 saturated carbocycles. The summed E-state index contributed by atoms with van der Waals surface area (Å²) in [7, 11) is 0. The minimum Gasteiger partial charge on any atom is -0.385 e. The van der Waals surface area contributed by atoms with E-state index in [1.807, 2.05) is 0 Å². The maximum absolute atomic E-state index is 3.46. The summed E-state index contributed by atoms with van der Waals surface area (Å²) in [5, 5.41) is 3.46. The Bertz CT molecular complexity index is 297. The number of rotatable bonds is 5. The van der Waals surface area contributed by atoms with E-state index in [-0.39, 0.29) is 0 Å². The van der Waals surface area contributed by atoms with Crippen LogP contribution in [0.1, 0.15) is 26.2 Å². The summed E-state index contributed by atoms with van der Waals surface area (Å²) in [5.74, 6) is 0. The summed E-state index contributed by atoms with van der Waals surface area (Å²) in [6.07, 6.45) is 4.00. The van der Waals surface area contributed by atoms with Gasteiger partial charge in [-0.1, -0.05) is 18.2 Å². The highest BCUT2D eigenvalue weighted by Gasteiger charge is 2.18. The lowest BCUT2D eigenvalue weighted by Gasteiger charge is -2.20. The molecule has 0 aliphatic carbocycles. The van der Waals surface area contributed by atoms with E-state index in [1.165, 1.54) is 38.0 Å². The van der Waals surface area contributed by atoms with Gasteiger partial charge < -0.3 is 10.2 Å². The highest BCUT2D eigenvalue weighted by molar-refractivity contribution is 5.42. The zero-order chi connectivity index (χ0) is 11.2. The van der Waals surface area contributed by atoms with Crippen molar-refractivity contribution in [2.24, 2.45) is 0 Å². The summed E-state index contributed by atoms with van der Waals surface area (Å²) in [6.45, 7) is 5.96. The van der Waals surface area contributed by atoms with E-state index in [1.54, 1.807) is 0 Å². The molecule has 1 saturated heterocycles. The van der Waals surface area contributed by atoms with Crippen molar-refractivity contribution in [2.75, 3.05) is 25.0 Å². The number of anilines is 1. The molecule has 2 heteroatoms. The molecule has 1 heterocycles. The van der Waals surface area contributed by atoms with Crippen LogP contribution < -0.4 is 5.32 Å². The standard InChI is InChI=1S/C14H22N2/c1-13-7-5-11-16(13)12-6-10-15-14-8-3-2-4-9-14/h2-4,8-9,13,15H,5-7,10-12H2,1H3. The summed E-state index contributed by atoms with van der Waals surface area (Å²) in [6, 6.07) is 11.3. The Morgan fingerprint density at radius 1 is 1.31 bits per heavy atom. The normalized spacial score (nSPS) is 21.2. The van der Waals surface area contributed by atoms with Gasteiger partial charge in [-0.3, -0.25) is 0 Å². The molecule has 1 aromatic carbocycles. The molecular formula is C14H22N2. The van der Waals surface area contributed by atoms with E-state index in [2.05, 4.69) is 47.5 Å². The summed E-state index contributed by atoms with van der Waals surface area (Å²) < 4.78 is 0. The molecule has 2 rings (SSSR count). The lowest BCUT2D eigenvalue weighted by Crippen LogP contribution is -2.28. The summed E-state index contributed by atoms with van der Waals surface area (Å²) in [4.78, 5) is 2.60. The zero-order valence-electron chi connectivity index (χ0n) is 10.2. The molecule has 1 aliphatic rings. The van der Waals surface area contributed by atoms with Crippen LogP contribution >= 0.6 is 0 Å². The first-order chi connectivity index (χ1) is 7.86. The van der Waals surface area contributed by atoms with Gasteiger partial charge in [0.15, 0.2) is 0 Å². The van der Waals surface area contributed by atoms with Crippen LogP contribution in [-0.2, 0) is 0 Å². The van der Waals surface area contributed by atoms with Gasteiger partial charge in [0.05, 0.1) is 0 Å². The van der Waals surface area contributed by atoms with Crippen molar-refractivity contribution in [1.82, 2.24) is 4.90 Å². The average Bonchev–Trinajstić information content (AvgIpc) is 2.72. The van der Waals surface area contributed by atoms with Crippen LogP contribution in [0, 0.1) is 0 Å². The Labute approximate surface area is 98.7 Å². The van der Waals surface area contributed by atoms with E-state index >= 15 is 0 Å². The van der Waals surface area contributed by atoms with Crippen LogP contribution in [0.15, 0.2) is 30.3 Å². The zero-order valence-corrected chi connectivity index (χ0v) is 10.2. The Morgan fingerprint density at radius 2 is 2.12 bits per heavy atom. The molecule has 0 bridgehead atoms. The van der Waals surface area contributed by atoms with Crippen molar-refractivity contribution in [2.45, 2.75) is 32.2 Å². The van der Waals surface area contributed by atoms with Crippen molar-refractivity contribution < 1.29 is 0 Å². The molecule has 1 N–H and O–H groups in total. The minimum absolute atomic E-state index is 0.803. The molecule has 0 spiro atoms. The van der Waals surface area contributed by atoms with E-state index in [4.69, 9.17) is 0 Å². The van der Waals surface area contributed by atoms with Crippen molar-refractivity contribution in [3.8, 4) is 0 Å². The van der Waals surface area contributed by atoms with Crippen LogP contribution in [0.4, 0.5) is 5.69 Å². The Hall–Kier alpha value is -1.02. The van der Waals surface area contributed by atoms with Crippen LogP contribution in [-0.4, -0.2) is 30.6 Å². The van der Waals surface area contributed by atoms with Gasteiger partial charge in [0.2, 0.25) is 0 Å². The fourth-order valence-electron chi connectivity index (χ4n) is 2.40. The predicted octanol–water partition coefficient (Wildman–Crippen LogP) is 2.97. The molecule has 0 aromatic heterocycles. The van der Waals surface area contributed by atoms with Crippen molar-refractivity contribution in [3.05, 3.63) is 30.3 Å². The molecular weight excluding hydrogens is 196 g/mol. The maximum Gasteiger partial charge on any atom is 0.0340 e. The summed E-state index contributed by atoms with van der Waals surface area (Å²) in [5.41, 5.74) is 1.23. The van der Waals surface area contributed by atoms with Crippen LogP contribution in [0.5, 0.6) is 0 Å². The van der Waals surface area contributed by atoms with Crippen molar-refractivity contribution >= 4 is 5.69 Å². The molecule has 1 aromatic rings. The first-order valence-corrected chi connectivity index (χ1v) is 6.39. The van der Waals surface area contributed by atoms with E-state index < -0.39 is 0 Å². The number of nitrogens with zero attached hydrogens (tertiary/aromatic N) is 1. The second kappa shape index (κ2) is 5.90. The lowest BCUT2D eigenvalue weighted by atomic mass is 10.2. The number of para-hydroxylation sites is 1. The fourth-order valence-corrected chi connectivity index (χ4v) is 2.40. The molecule has 0 radical (unpaired) electrons. The topological polar surface area (TPSA) is 15.3 Å². The highest BCUT2D eigenvalue weighted by atomic mass is 15.2. The van der Waals surface area contributed by atoms with E-state index in [0.717, 1.165) is 12.6 Å². The molecule has 2 nitrogen and oxygen atoms in total. The molecule has 16 heavy (non-hydrogen) atoms. The van der Waals surface area contributed by atoms with Gasteiger partial charge in [0.1, 0.15) is 0 Å². The number of hydrogen-bond acceptors (Lipinski definition) is 2. The fraction of sp³-hybridized carbons (Fsp3) is 0.571. The lowest BCUT2D eigenvalue weighted by molar-refractivity contribution is 0.268. The van der Waals surface area contributed by atoms with Gasteiger partial charge in [0.25, 0.3) is 0 Å². The quantitative estimate of drug-likeness (QED) is 0.764. The first-order valence-electron chi connectivity index (χ1n) is 6.39. The SMILES string of the molecule is CC1CCCN1CCCNc1ccccc1. The smallest absolute Gasteiger partial charge is 0.0340 e. The Kier molecular flexibility index (Phi) is 4.23. The number of likely N-dealkylation sites (tertiary alicyclic amines) is 1. The van der Waals surface area contributed by atoms with E-state index in [9.17, 15) is 0 Å². The molecule has 1 unspecified atom stereocenters. The Morgan fingerprint density at radius 3 is 2.81 bits per heavy atom. The van der Waals surface area contributed by atoms with Gasteiger partial charge in [-0.25, -0.2) is 0 Å². The van der Waals surface area contributed by atoms with Crippen LogP contribution in [0.2, 0.25) is 0 Å². The molecule has 1 aliphatic heterocycles. The molecule has 88 valence electrons. The van der Waals surface area contributed by atoms with Crippen LogP contribution in [0.3, 0.4) is 0 Å². The molecule has 1 fully saturated rings. The third-order valence-corrected chi connectivity index (χ3v) is 3.42. The second-order valence-corrected chi connectivity index (χ2v) is 4.67. The highest BCUT2D eigenvalue weighted by Crippen LogP contribution is 2.16. The second-order valence-electron chi connectivity index (χ2n) is 4.67. The van der Waals surface area contributed by atoms with Gasteiger partial charge in [0, 0.05) is 24.8 Å². The predicted molar refractivity (Wildman–Crippen MR) is 69.8 cm³/mol. The molecule has 1 atom stereocenters. The first kappa shape index (κ1) is 11.5. The number of benzene rings is 1. The number of hydrogen-bond donors (Lipinski definition) is 1. The third-order valence-electron chi connectivity index (χ3n) is 3.42. The monoisotopic (exact) mass is 218 g/mol. The van der Waals surface area contributed by atoms with Gasteiger partial charge in [-0.05, 0) is 44.9 Å². The third kappa shape index (κ3) is 3.24. The van der Waals surface area contributed by atoms with Crippen LogP contribution in [0.25, 0.3) is 0 Å². The Balaban J connectivity index is 1.62. The van der Waals surface area contributed by atoms with Gasteiger partial charge in [-0.15, -0.1) is 0 Å². The largest absolute Gasteiger partial charge is 0.385 e. The van der Waals surface area contributed by atoms with Gasteiger partial charge in [-0.2, -0.15) is 0 Å². The maximum atomic E-state index is 3.46. The number of nitrogens with one attached hydrogen (secondary N) is 1. The average molecular weight is 218 g/mol. The van der Waals surface area contributed by atoms with E-state index in [0.29, 0.717) is 0 Å². The summed E-state index contributed by atoms with van der Waals surface area (Å²) >= 11 is 0. The van der Waals surface area contributed by atoms with Gasteiger partial charge >= 0.3 is 0 Å². The van der Waals surface area contributed by atoms with Crippen molar-refractivity contribution in [1.29, 1.82) is 0 Å². The molecule has 0 amide bonds. The van der Waals surface area contributed by atoms with Crippen molar-refractivity contribution in [3.63, 3.8) is 0 Å². The minimum atomic E-state index is 0.803.